The summed E-state index contributed by atoms with van der Waals surface area (Å²) in [5.41, 5.74) is 0.657. The Labute approximate surface area is 86.8 Å². The van der Waals surface area contributed by atoms with E-state index < -0.39 is 0 Å². The molecule has 0 spiro atoms. The predicted octanol–water partition coefficient (Wildman–Crippen LogP) is 0.956. The van der Waals surface area contributed by atoms with Crippen LogP contribution in [0.1, 0.15) is 5.56 Å². The topological polar surface area (TPSA) is 64.8 Å². The van der Waals surface area contributed by atoms with Crippen LogP contribution in [0.15, 0.2) is 29.4 Å². The second-order valence-corrected chi connectivity index (χ2v) is 3.36. The summed E-state index contributed by atoms with van der Waals surface area (Å²) in [7, 11) is 0. The van der Waals surface area contributed by atoms with E-state index in [4.69, 9.17) is 5.11 Å². The highest BCUT2D eigenvalue weighted by Crippen LogP contribution is 2.12. The van der Waals surface area contributed by atoms with E-state index >= 15 is 0 Å². The van der Waals surface area contributed by atoms with Crippen molar-refractivity contribution in [1.29, 1.82) is 0 Å². The number of aliphatic hydroxyl groups is 1. The summed E-state index contributed by atoms with van der Waals surface area (Å²) in [5.74, 6) is 0.781. The first kappa shape index (κ1) is 10.9. The fraction of sp³-hybridized carbons (Fsp3) is 0.222. The molecule has 14 heavy (non-hydrogen) atoms. The van der Waals surface area contributed by atoms with E-state index in [0.717, 1.165) is 0 Å². The van der Waals surface area contributed by atoms with E-state index in [9.17, 15) is 5.11 Å². The van der Waals surface area contributed by atoms with Gasteiger partial charge in [-0.05, 0) is 24.1 Å². The van der Waals surface area contributed by atoms with Gasteiger partial charge in [0.1, 0.15) is 5.75 Å². The minimum absolute atomic E-state index is 0.115. The quantitative estimate of drug-likeness (QED) is 0.294. The highest BCUT2D eigenvalue weighted by atomic mass is 32.2. The van der Waals surface area contributed by atoms with Crippen molar-refractivity contribution in [2.24, 2.45) is 5.10 Å². The van der Waals surface area contributed by atoms with Gasteiger partial charge in [-0.2, -0.15) is 5.10 Å². The number of nitrogens with zero attached hydrogens (tertiary/aromatic N) is 1. The average molecular weight is 212 g/mol. The van der Waals surface area contributed by atoms with Gasteiger partial charge in [0.15, 0.2) is 0 Å². The summed E-state index contributed by atoms with van der Waals surface area (Å²) in [6, 6.07) is 6.93. The van der Waals surface area contributed by atoms with Crippen molar-refractivity contribution >= 4 is 18.2 Å². The third kappa shape index (κ3) is 3.68. The molecule has 5 heteroatoms. The number of nitrogens with one attached hydrogen (secondary N) is 1. The number of benzene rings is 1. The summed E-state index contributed by atoms with van der Waals surface area (Å²) >= 11 is 1.30. The van der Waals surface area contributed by atoms with Crippen LogP contribution in [-0.4, -0.2) is 28.8 Å². The molecule has 0 aliphatic carbocycles. The fourth-order valence-corrected chi connectivity index (χ4v) is 1.13. The Morgan fingerprint density at radius 3 is 2.93 bits per heavy atom. The molecule has 0 aliphatic heterocycles. The number of hydrogen-bond donors (Lipinski definition) is 3. The molecule has 1 aromatic carbocycles. The van der Waals surface area contributed by atoms with Gasteiger partial charge in [0.2, 0.25) is 0 Å². The van der Waals surface area contributed by atoms with E-state index in [-0.39, 0.29) is 12.4 Å². The largest absolute Gasteiger partial charge is 0.507 e. The lowest BCUT2D eigenvalue weighted by atomic mass is 10.2. The fourth-order valence-electron chi connectivity index (χ4n) is 0.821. The first-order valence-corrected chi connectivity index (χ1v) is 5.12. The zero-order valence-corrected chi connectivity index (χ0v) is 8.37. The first-order chi connectivity index (χ1) is 6.84. The van der Waals surface area contributed by atoms with Gasteiger partial charge in [-0.1, -0.05) is 12.1 Å². The summed E-state index contributed by atoms with van der Waals surface area (Å²) in [6.07, 6.45) is 1.53. The van der Waals surface area contributed by atoms with Crippen molar-refractivity contribution in [2.45, 2.75) is 0 Å². The number of phenols is 1. The van der Waals surface area contributed by atoms with Gasteiger partial charge in [-0.3, -0.25) is 4.83 Å². The molecule has 3 N–H and O–H groups in total. The smallest absolute Gasteiger partial charge is 0.124 e. The van der Waals surface area contributed by atoms with E-state index in [2.05, 4.69) is 9.93 Å². The lowest BCUT2D eigenvalue weighted by molar-refractivity contribution is 0.322. The van der Waals surface area contributed by atoms with Crippen molar-refractivity contribution in [3.63, 3.8) is 0 Å². The Morgan fingerprint density at radius 1 is 1.43 bits per heavy atom. The Bertz CT molecular complexity index is 305. The maximum Gasteiger partial charge on any atom is 0.124 e. The average Bonchev–Trinajstić information content (AvgIpc) is 2.20. The molecule has 0 bridgehead atoms. The van der Waals surface area contributed by atoms with Crippen LogP contribution in [0.2, 0.25) is 0 Å². The number of hydrogen-bond acceptors (Lipinski definition) is 5. The molecule has 0 aliphatic rings. The third-order valence-electron chi connectivity index (χ3n) is 1.45. The third-order valence-corrected chi connectivity index (χ3v) is 2.07. The highest BCUT2D eigenvalue weighted by Gasteiger charge is 1.93. The molecule has 76 valence electrons. The van der Waals surface area contributed by atoms with Gasteiger partial charge in [0.25, 0.3) is 0 Å². The monoisotopic (exact) mass is 212 g/mol. The second-order valence-electron chi connectivity index (χ2n) is 2.48. The molecule has 0 amide bonds. The second kappa shape index (κ2) is 6.28. The number of rotatable bonds is 5. The predicted molar refractivity (Wildman–Crippen MR) is 58.4 cm³/mol. The molecular formula is C9H12N2O2S. The minimum Gasteiger partial charge on any atom is -0.507 e. The van der Waals surface area contributed by atoms with Crippen LogP contribution < -0.4 is 4.83 Å². The van der Waals surface area contributed by atoms with Gasteiger partial charge < -0.3 is 10.2 Å². The first-order valence-electron chi connectivity index (χ1n) is 4.13. The molecule has 0 heterocycles. The molecular weight excluding hydrogens is 200 g/mol. The minimum atomic E-state index is 0.115. The molecule has 0 atom stereocenters. The maximum absolute atomic E-state index is 9.35. The number of hydrazone groups is 1. The van der Waals surface area contributed by atoms with Crippen molar-refractivity contribution in [3.8, 4) is 5.75 Å². The van der Waals surface area contributed by atoms with Crippen molar-refractivity contribution in [2.75, 3.05) is 12.4 Å². The zero-order valence-electron chi connectivity index (χ0n) is 7.55. The summed E-state index contributed by atoms with van der Waals surface area (Å²) in [6.45, 7) is 0.115. The van der Waals surface area contributed by atoms with Crippen molar-refractivity contribution in [3.05, 3.63) is 29.8 Å². The molecule has 0 fully saturated rings. The maximum atomic E-state index is 9.35. The van der Waals surface area contributed by atoms with Gasteiger partial charge in [-0.15, -0.1) is 0 Å². The van der Waals surface area contributed by atoms with Crippen molar-refractivity contribution in [1.82, 2.24) is 4.83 Å². The van der Waals surface area contributed by atoms with Gasteiger partial charge >= 0.3 is 0 Å². The van der Waals surface area contributed by atoms with E-state index in [1.54, 1.807) is 18.2 Å². The molecule has 0 radical (unpaired) electrons. The summed E-state index contributed by atoms with van der Waals surface area (Å²) < 4.78 is 0. The van der Waals surface area contributed by atoms with E-state index in [0.29, 0.717) is 11.3 Å². The van der Waals surface area contributed by atoms with Crippen LogP contribution in [0.4, 0.5) is 0 Å². The number of para-hydroxylation sites is 1. The normalized spacial score (nSPS) is 10.6. The van der Waals surface area contributed by atoms with Gasteiger partial charge in [-0.25, -0.2) is 0 Å². The lowest BCUT2D eigenvalue weighted by Crippen LogP contribution is -1.98. The SMILES string of the molecule is OCCSN/N=C/c1ccccc1O. The van der Waals surface area contributed by atoms with Crippen LogP contribution in [0.3, 0.4) is 0 Å². The Balaban J connectivity index is 2.40. The zero-order chi connectivity index (χ0) is 10.2. The Morgan fingerprint density at radius 2 is 2.21 bits per heavy atom. The molecule has 1 aromatic rings. The molecule has 0 unspecified atom stereocenters. The summed E-state index contributed by atoms with van der Waals surface area (Å²) in [5, 5.41) is 21.7. The molecule has 1 rings (SSSR count). The molecule has 4 nitrogen and oxygen atoms in total. The van der Waals surface area contributed by atoms with Gasteiger partial charge in [0, 0.05) is 11.3 Å². The van der Waals surface area contributed by atoms with Crippen LogP contribution in [0.5, 0.6) is 5.75 Å². The van der Waals surface area contributed by atoms with E-state index in [1.165, 1.54) is 18.2 Å². The molecule has 0 aromatic heterocycles. The standard InChI is InChI=1S/C9H12N2O2S/c12-5-6-14-11-10-7-8-3-1-2-4-9(8)13/h1-4,7,11-13H,5-6H2/b10-7+. The van der Waals surface area contributed by atoms with E-state index in [1.807, 2.05) is 6.07 Å². The van der Waals surface area contributed by atoms with Gasteiger partial charge in [0.05, 0.1) is 12.8 Å². The Kier molecular flexibility index (Phi) is 4.88. The lowest BCUT2D eigenvalue weighted by Gasteiger charge is -1.97. The molecule has 0 saturated carbocycles. The number of phenolic OH excluding ortho intramolecular Hbond substituents is 1. The Hall–Kier alpha value is -1.20. The van der Waals surface area contributed by atoms with Crippen molar-refractivity contribution < 1.29 is 10.2 Å². The number of aromatic hydroxyl groups is 1. The van der Waals surface area contributed by atoms with Crippen LogP contribution in [-0.2, 0) is 0 Å². The number of aliphatic hydroxyl groups excluding tert-OH is 1. The summed E-state index contributed by atoms with van der Waals surface area (Å²) in [4.78, 5) is 2.68. The van der Waals surface area contributed by atoms with Crippen LogP contribution >= 0.6 is 11.9 Å². The highest BCUT2D eigenvalue weighted by molar-refractivity contribution is 7.97. The molecule has 0 saturated heterocycles. The van der Waals surface area contributed by atoms with Crippen LogP contribution in [0.25, 0.3) is 0 Å². The van der Waals surface area contributed by atoms with Crippen LogP contribution in [0, 0.1) is 0 Å².